The predicted octanol–water partition coefficient (Wildman–Crippen LogP) is 1.97. The molecule has 1 aliphatic rings. The molecule has 18 heavy (non-hydrogen) atoms. The number of hydrogen-bond donors (Lipinski definition) is 1. The summed E-state index contributed by atoms with van der Waals surface area (Å²) in [4.78, 5) is 12.5. The van der Waals surface area contributed by atoms with Crippen LogP contribution in [0.2, 0.25) is 0 Å². The van der Waals surface area contributed by atoms with Crippen molar-refractivity contribution in [3.05, 3.63) is 39.9 Å². The van der Waals surface area contributed by atoms with Crippen LogP contribution in [-0.2, 0) is 6.54 Å². The van der Waals surface area contributed by atoms with Crippen LogP contribution < -0.4 is 0 Å². The summed E-state index contributed by atoms with van der Waals surface area (Å²) in [6.45, 7) is 1.79. The van der Waals surface area contributed by atoms with Crippen molar-refractivity contribution in [3.8, 4) is 0 Å². The molecular formula is C12H17ClN2O3. The van der Waals surface area contributed by atoms with E-state index in [1.54, 1.807) is 12.1 Å². The summed E-state index contributed by atoms with van der Waals surface area (Å²) in [6, 6.07) is 6.90. The highest BCUT2D eigenvalue weighted by Crippen LogP contribution is 2.21. The van der Waals surface area contributed by atoms with Crippen LogP contribution in [0.15, 0.2) is 24.3 Å². The largest absolute Gasteiger partial charge is 0.395 e. The van der Waals surface area contributed by atoms with Gasteiger partial charge in [0.25, 0.3) is 5.69 Å². The van der Waals surface area contributed by atoms with Gasteiger partial charge in [-0.05, 0) is 24.9 Å². The fourth-order valence-electron chi connectivity index (χ4n) is 2.31. The van der Waals surface area contributed by atoms with Gasteiger partial charge in [0, 0.05) is 24.7 Å². The van der Waals surface area contributed by atoms with Gasteiger partial charge in [0.05, 0.1) is 11.5 Å². The Bertz CT molecular complexity index is 414. The number of nitro benzene ring substituents is 1. The standard InChI is InChI=1S/C12H16N2O3.ClH/c15-9-12-5-2-6-13(12)8-10-3-1-4-11(7-10)14(16)17;/h1,3-4,7,12,15H,2,5-6,8-9H2;1H/t12-;/m0./s1. The molecule has 0 spiro atoms. The average Bonchev–Trinajstić information content (AvgIpc) is 2.76. The van der Waals surface area contributed by atoms with E-state index >= 15 is 0 Å². The molecule has 1 atom stereocenters. The van der Waals surface area contributed by atoms with E-state index in [1.807, 2.05) is 6.07 Å². The van der Waals surface area contributed by atoms with Crippen molar-refractivity contribution < 1.29 is 10.0 Å². The number of rotatable bonds is 4. The summed E-state index contributed by atoms with van der Waals surface area (Å²) in [5, 5.41) is 19.9. The molecule has 0 radical (unpaired) electrons. The van der Waals surface area contributed by atoms with Gasteiger partial charge in [0.15, 0.2) is 0 Å². The third-order valence-electron chi connectivity index (χ3n) is 3.22. The van der Waals surface area contributed by atoms with Gasteiger partial charge in [-0.1, -0.05) is 12.1 Å². The van der Waals surface area contributed by atoms with Gasteiger partial charge < -0.3 is 5.11 Å². The SMILES string of the molecule is Cl.O=[N+]([O-])c1cccc(CN2CCC[C@H]2CO)c1. The van der Waals surface area contributed by atoms with Gasteiger partial charge >= 0.3 is 0 Å². The van der Waals surface area contributed by atoms with Crippen molar-refractivity contribution in [2.45, 2.75) is 25.4 Å². The number of hydrogen-bond acceptors (Lipinski definition) is 4. The van der Waals surface area contributed by atoms with Crippen molar-refractivity contribution in [1.29, 1.82) is 0 Å². The number of halogens is 1. The second kappa shape index (κ2) is 6.68. The van der Waals surface area contributed by atoms with Crippen molar-refractivity contribution in [2.75, 3.05) is 13.2 Å². The molecule has 6 heteroatoms. The molecule has 1 aromatic rings. The Balaban J connectivity index is 0.00000162. The third kappa shape index (κ3) is 3.41. The van der Waals surface area contributed by atoms with Crippen molar-refractivity contribution in [1.82, 2.24) is 4.90 Å². The molecule has 0 bridgehead atoms. The average molecular weight is 273 g/mol. The minimum atomic E-state index is -0.378. The molecule has 1 N–H and O–H groups in total. The zero-order valence-corrected chi connectivity index (χ0v) is 10.8. The second-order valence-corrected chi connectivity index (χ2v) is 4.38. The van der Waals surface area contributed by atoms with Crippen LogP contribution in [-0.4, -0.2) is 34.1 Å². The first-order valence-electron chi connectivity index (χ1n) is 5.79. The van der Waals surface area contributed by atoms with E-state index in [1.165, 1.54) is 6.07 Å². The first-order chi connectivity index (χ1) is 8.20. The van der Waals surface area contributed by atoms with E-state index in [0.717, 1.165) is 24.9 Å². The zero-order chi connectivity index (χ0) is 12.3. The highest BCUT2D eigenvalue weighted by molar-refractivity contribution is 5.85. The number of aliphatic hydroxyl groups excluding tert-OH is 1. The molecular weight excluding hydrogens is 256 g/mol. The van der Waals surface area contributed by atoms with E-state index < -0.39 is 0 Å². The number of aliphatic hydroxyl groups is 1. The molecule has 100 valence electrons. The molecule has 1 saturated heterocycles. The lowest BCUT2D eigenvalue weighted by Gasteiger charge is -2.22. The molecule has 0 aromatic heterocycles. The van der Waals surface area contributed by atoms with Crippen LogP contribution in [0.4, 0.5) is 5.69 Å². The Hall–Kier alpha value is -1.17. The van der Waals surface area contributed by atoms with E-state index in [9.17, 15) is 15.2 Å². The van der Waals surface area contributed by atoms with Crippen LogP contribution in [0.1, 0.15) is 18.4 Å². The first-order valence-corrected chi connectivity index (χ1v) is 5.79. The third-order valence-corrected chi connectivity index (χ3v) is 3.22. The van der Waals surface area contributed by atoms with Crippen molar-refractivity contribution in [2.24, 2.45) is 0 Å². The quantitative estimate of drug-likeness (QED) is 0.672. The first kappa shape index (κ1) is 14.9. The fourth-order valence-corrected chi connectivity index (χ4v) is 2.31. The molecule has 1 aromatic carbocycles. The van der Waals surface area contributed by atoms with Gasteiger partial charge in [-0.2, -0.15) is 0 Å². The molecule has 1 fully saturated rings. The molecule has 1 heterocycles. The molecule has 2 rings (SSSR count). The highest BCUT2D eigenvalue weighted by atomic mass is 35.5. The number of nitro groups is 1. The molecule has 5 nitrogen and oxygen atoms in total. The van der Waals surface area contributed by atoms with Gasteiger partial charge in [0.1, 0.15) is 0 Å². The Morgan fingerprint density at radius 2 is 2.28 bits per heavy atom. The topological polar surface area (TPSA) is 66.6 Å². The second-order valence-electron chi connectivity index (χ2n) is 4.38. The van der Waals surface area contributed by atoms with E-state index in [0.29, 0.717) is 6.54 Å². The Morgan fingerprint density at radius 1 is 1.50 bits per heavy atom. The Kier molecular flexibility index (Phi) is 5.53. The van der Waals surface area contributed by atoms with Gasteiger partial charge in [-0.25, -0.2) is 0 Å². The lowest BCUT2D eigenvalue weighted by atomic mass is 10.1. The monoisotopic (exact) mass is 272 g/mol. The van der Waals surface area contributed by atoms with E-state index in [-0.39, 0.29) is 35.7 Å². The maximum Gasteiger partial charge on any atom is 0.269 e. The number of non-ortho nitro benzene ring substituents is 1. The molecule has 0 saturated carbocycles. The van der Waals surface area contributed by atoms with E-state index in [2.05, 4.69) is 4.90 Å². The molecule has 0 unspecified atom stereocenters. The number of benzene rings is 1. The van der Waals surface area contributed by atoms with Gasteiger partial charge in [-0.15, -0.1) is 12.4 Å². The number of likely N-dealkylation sites (tertiary alicyclic amines) is 1. The Labute approximate surface area is 112 Å². The van der Waals surface area contributed by atoms with Gasteiger partial charge in [-0.3, -0.25) is 15.0 Å². The van der Waals surface area contributed by atoms with E-state index in [4.69, 9.17) is 0 Å². The lowest BCUT2D eigenvalue weighted by molar-refractivity contribution is -0.384. The van der Waals surface area contributed by atoms with Crippen LogP contribution >= 0.6 is 12.4 Å². The summed E-state index contributed by atoms with van der Waals surface area (Å²) < 4.78 is 0. The maximum absolute atomic E-state index is 10.7. The Morgan fingerprint density at radius 3 is 2.94 bits per heavy atom. The predicted molar refractivity (Wildman–Crippen MR) is 70.9 cm³/mol. The van der Waals surface area contributed by atoms with Crippen molar-refractivity contribution >= 4 is 18.1 Å². The molecule has 1 aliphatic heterocycles. The molecule has 0 amide bonds. The van der Waals surface area contributed by atoms with Crippen LogP contribution in [0.25, 0.3) is 0 Å². The van der Waals surface area contributed by atoms with Crippen molar-refractivity contribution in [3.63, 3.8) is 0 Å². The van der Waals surface area contributed by atoms with Crippen LogP contribution in [0, 0.1) is 10.1 Å². The summed E-state index contributed by atoms with van der Waals surface area (Å²) in [7, 11) is 0. The summed E-state index contributed by atoms with van der Waals surface area (Å²) in [5.41, 5.74) is 1.06. The van der Waals surface area contributed by atoms with Crippen LogP contribution in [0.3, 0.4) is 0 Å². The summed E-state index contributed by atoms with van der Waals surface area (Å²) in [5.74, 6) is 0. The maximum atomic E-state index is 10.7. The molecule has 0 aliphatic carbocycles. The van der Waals surface area contributed by atoms with Gasteiger partial charge in [0.2, 0.25) is 0 Å². The highest BCUT2D eigenvalue weighted by Gasteiger charge is 2.23. The summed E-state index contributed by atoms with van der Waals surface area (Å²) >= 11 is 0. The minimum Gasteiger partial charge on any atom is -0.395 e. The normalized spacial score (nSPS) is 19.5. The minimum absolute atomic E-state index is 0. The summed E-state index contributed by atoms with van der Waals surface area (Å²) in [6.07, 6.45) is 2.09. The number of nitrogens with zero attached hydrogens (tertiary/aromatic N) is 2. The zero-order valence-electron chi connectivity index (χ0n) is 9.99. The fraction of sp³-hybridized carbons (Fsp3) is 0.500. The van der Waals surface area contributed by atoms with Crippen LogP contribution in [0.5, 0.6) is 0 Å². The smallest absolute Gasteiger partial charge is 0.269 e. The lowest BCUT2D eigenvalue weighted by Crippen LogP contribution is -2.31.